The maximum absolute atomic E-state index is 12.5. The van der Waals surface area contributed by atoms with Crippen LogP contribution in [0.5, 0.6) is 0 Å². The standard InChI is InChI=1S/C18H27N3O3/c1-23-14-15-5-2-3-7-17(15)19-18(22)21-10-8-20(9-11-21)13-16-6-4-12-24-16/h2-3,5,7,16H,4,6,8-14H2,1H3,(H,19,22)/t16-/m0/s1. The third-order valence-corrected chi connectivity index (χ3v) is 4.70. The van der Waals surface area contributed by atoms with E-state index < -0.39 is 0 Å². The smallest absolute Gasteiger partial charge is 0.321 e. The third-order valence-electron chi connectivity index (χ3n) is 4.70. The van der Waals surface area contributed by atoms with E-state index in [0.717, 1.165) is 57.0 Å². The zero-order valence-electron chi connectivity index (χ0n) is 14.4. The molecule has 1 aromatic rings. The lowest BCUT2D eigenvalue weighted by atomic mass is 10.2. The summed E-state index contributed by atoms with van der Waals surface area (Å²) in [6.07, 6.45) is 2.72. The van der Waals surface area contributed by atoms with Crippen LogP contribution in [0.1, 0.15) is 18.4 Å². The molecule has 2 saturated heterocycles. The number of hydrogen-bond acceptors (Lipinski definition) is 4. The number of rotatable bonds is 5. The van der Waals surface area contributed by atoms with Gasteiger partial charge in [-0.05, 0) is 18.9 Å². The van der Waals surface area contributed by atoms with Crippen LogP contribution in [0.3, 0.4) is 0 Å². The number of carbonyl (C=O) groups is 1. The van der Waals surface area contributed by atoms with Crippen LogP contribution in [-0.2, 0) is 16.1 Å². The predicted molar refractivity (Wildman–Crippen MR) is 93.2 cm³/mol. The molecular formula is C18H27N3O3. The summed E-state index contributed by atoms with van der Waals surface area (Å²) in [4.78, 5) is 16.8. The minimum atomic E-state index is -0.0321. The van der Waals surface area contributed by atoms with Gasteiger partial charge in [0.05, 0.1) is 12.7 Å². The summed E-state index contributed by atoms with van der Waals surface area (Å²) < 4.78 is 10.9. The molecule has 3 rings (SSSR count). The van der Waals surface area contributed by atoms with Crippen molar-refractivity contribution in [1.29, 1.82) is 0 Å². The topological polar surface area (TPSA) is 54.0 Å². The molecule has 6 heteroatoms. The molecular weight excluding hydrogens is 306 g/mol. The van der Waals surface area contributed by atoms with Crippen molar-refractivity contribution in [2.24, 2.45) is 0 Å². The Bertz CT molecular complexity index is 538. The van der Waals surface area contributed by atoms with E-state index in [9.17, 15) is 4.79 Å². The van der Waals surface area contributed by atoms with Gasteiger partial charge in [0.2, 0.25) is 0 Å². The lowest BCUT2D eigenvalue weighted by Crippen LogP contribution is -2.51. The first-order chi connectivity index (χ1) is 11.8. The van der Waals surface area contributed by atoms with Gasteiger partial charge in [-0.15, -0.1) is 0 Å². The molecule has 2 fully saturated rings. The molecule has 0 aliphatic carbocycles. The van der Waals surface area contributed by atoms with Gasteiger partial charge < -0.3 is 19.7 Å². The zero-order valence-corrected chi connectivity index (χ0v) is 14.4. The number of nitrogens with one attached hydrogen (secondary N) is 1. The minimum absolute atomic E-state index is 0.0321. The van der Waals surface area contributed by atoms with Crippen molar-refractivity contribution >= 4 is 11.7 Å². The molecule has 0 saturated carbocycles. The van der Waals surface area contributed by atoms with Crippen LogP contribution in [-0.4, -0.2) is 68.4 Å². The van der Waals surface area contributed by atoms with Crippen LogP contribution in [0.25, 0.3) is 0 Å². The second kappa shape index (κ2) is 8.46. The molecule has 0 unspecified atom stereocenters. The highest BCUT2D eigenvalue weighted by molar-refractivity contribution is 5.90. The van der Waals surface area contributed by atoms with E-state index in [1.165, 1.54) is 6.42 Å². The fraction of sp³-hybridized carbons (Fsp3) is 0.611. The number of piperazine rings is 1. The molecule has 0 radical (unpaired) electrons. The number of anilines is 1. The minimum Gasteiger partial charge on any atom is -0.380 e. The van der Waals surface area contributed by atoms with Crippen LogP contribution in [0.15, 0.2) is 24.3 Å². The predicted octanol–water partition coefficient (Wildman–Crippen LogP) is 2.16. The molecule has 2 amide bonds. The van der Waals surface area contributed by atoms with Gasteiger partial charge in [0, 0.05) is 57.7 Å². The first-order valence-corrected chi connectivity index (χ1v) is 8.73. The Balaban J connectivity index is 1.48. The zero-order chi connectivity index (χ0) is 16.8. The summed E-state index contributed by atoms with van der Waals surface area (Å²) in [5.41, 5.74) is 1.82. The molecule has 132 valence electrons. The molecule has 0 aromatic heterocycles. The number of ether oxygens (including phenoxy) is 2. The van der Waals surface area contributed by atoms with Crippen LogP contribution < -0.4 is 5.32 Å². The number of benzene rings is 1. The molecule has 24 heavy (non-hydrogen) atoms. The first-order valence-electron chi connectivity index (χ1n) is 8.73. The van der Waals surface area contributed by atoms with E-state index in [-0.39, 0.29) is 6.03 Å². The summed E-state index contributed by atoms with van der Waals surface area (Å²) in [6, 6.07) is 7.73. The Labute approximate surface area is 143 Å². The molecule has 0 bridgehead atoms. The second-order valence-electron chi connectivity index (χ2n) is 6.44. The van der Waals surface area contributed by atoms with Crippen molar-refractivity contribution in [1.82, 2.24) is 9.80 Å². The number of hydrogen-bond donors (Lipinski definition) is 1. The van der Waals surface area contributed by atoms with Crippen molar-refractivity contribution in [2.45, 2.75) is 25.6 Å². The van der Waals surface area contributed by atoms with Crippen LogP contribution in [0.4, 0.5) is 10.5 Å². The maximum atomic E-state index is 12.5. The van der Waals surface area contributed by atoms with Crippen LogP contribution in [0.2, 0.25) is 0 Å². The summed E-state index contributed by atoms with van der Waals surface area (Å²) in [5, 5.41) is 3.02. The number of amides is 2. The van der Waals surface area contributed by atoms with Gasteiger partial charge in [-0.3, -0.25) is 4.90 Å². The lowest BCUT2D eigenvalue weighted by Gasteiger charge is -2.35. The van der Waals surface area contributed by atoms with Crippen LogP contribution >= 0.6 is 0 Å². The van der Waals surface area contributed by atoms with E-state index in [0.29, 0.717) is 12.7 Å². The van der Waals surface area contributed by atoms with Gasteiger partial charge in [0.1, 0.15) is 0 Å². The average molecular weight is 333 g/mol. The Morgan fingerprint density at radius 2 is 2.08 bits per heavy atom. The highest BCUT2D eigenvalue weighted by atomic mass is 16.5. The Morgan fingerprint density at radius 1 is 1.29 bits per heavy atom. The van der Waals surface area contributed by atoms with Gasteiger partial charge in [0.25, 0.3) is 0 Å². The van der Waals surface area contributed by atoms with E-state index in [1.54, 1.807) is 7.11 Å². The SMILES string of the molecule is COCc1ccccc1NC(=O)N1CCN(C[C@@H]2CCCO2)CC1. The second-order valence-corrected chi connectivity index (χ2v) is 6.44. The molecule has 1 atom stereocenters. The molecule has 2 aliphatic rings. The number of methoxy groups -OCH3 is 1. The van der Waals surface area contributed by atoms with Crippen molar-refractivity contribution in [2.75, 3.05) is 51.8 Å². The van der Waals surface area contributed by atoms with Gasteiger partial charge in [-0.1, -0.05) is 18.2 Å². The molecule has 1 N–H and O–H groups in total. The largest absolute Gasteiger partial charge is 0.380 e. The Morgan fingerprint density at radius 3 is 2.79 bits per heavy atom. The summed E-state index contributed by atoms with van der Waals surface area (Å²) >= 11 is 0. The van der Waals surface area contributed by atoms with Crippen LogP contribution in [0, 0.1) is 0 Å². The van der Waals surface area contributed by atoms with Crippen molar-refractivity contribution in [3.05, 3.63) is 29.8 Å². The lowest BCUT2D eigenvalue weighted by molar-refractivity contribution is 0.0572. The molecule has 2 heterocycles. The molecule has 6 nitrogen and oxygen atoms in total. The highest BCUT2D eigenvalue weighted by Gasteiger charge is 2.25. The van der Waals surface area contributed by atoms with E-state index in [1.807, 2.05) is 29.2 Å². The average Bonchev–Trinajstić information content (AvgIpc) is 3.10. The summed E-state index contributed by atoms with van der Waals surface area (Å²) in [7, 11) is 1.66. The number of nitrogens with zero attached hydrogens (tertiary/aromatic N) is 2. The number of urea groups is 1. The quantitative estimate of drug-likeness (QED) is 0.897. The van der Waals surface area contributed by atoms with Gasteiger partial charge in [-0.25, -0.2) is 4.79 Å². The van der Waals surface area contributed by atoms with Crippen molar-refractivity contribution < 1.29 is 14.3 Å². The Kier molecular flexibility index (Phi) is 6.07. The molecule has 2 aliphatic heterocycles. The van der Waals surface area contributed by atoms with E-state index >= 15 is 0 Å². The van der Waals surface area contributed by atoms with E-state index in [4.69, 9.17) is 9.47 Å². The Hall–Kier alpha value is -1.63. The van der Waals surface area contributed by atoms with Gasteiger partial charge in [0.15, 0.2) is 0 Å². The fourth-order valence-corrected chi connectivity index (χ4v) is 3.33. The monoisotopic (exact) mass is 333 g/mol. The van der Waals surface area contributed by atoms with E-state index in [2.05, 4.69) is 10.2 Å². The summed E-state index contributed by atoms with van der Waals surface area (Å²) in [6.45, 7) is 5.71. The van der Waals surface area contributed by atoms with Crippen molar-refractivity contribution in [3.8, 4) is 0 Å². The maximum Gasteiger partial charge on any atom is 0.321 e. The fourth-order valence-electron chi connectivity index (χ4n) is 3.33. The summed E-state index contributed by atoms with van der Waals surface area (Å²) in [5.74, 6) is 0. The third kappa shape index (κ3) is 4.47. The first kappa shape index (κ1) is 17.2. The van der Waals surface area contributed by atoms with Gasteiger partial charge in [-0.2, -0.15) is 0 Å². The number of carbonyl (C=O) groups excluding carboxylic acids is 1. The molecule has 1 aromatic carbocycles. The normalized spacial score (nSPS) is 21.9. The van der Waals surface area contributed by atoms with Crippen molar-refractivity contribution in [3.63, 3.8) is 0 Å². The molecule has 0 spiro atoms. The van der Waals surface area contributed by atoms with Gasteiger partial charge >= 0.3 is 6.03 Å². The number of para-hydroxylation sites is 1. The highest BCUT2D eigenvalue weighted by Crippen LogP contribution is 2.18.